The number of hydrogen-bond donors (Lipinski definition) is 1. The minimum Gasteiger partial charge on any atom is -0.342 e. The molecule has 1 aliphatic heterocycles. The zero-order chi connectivity index (χ0) is 17.2. The third kappa shape index (κ3) is 4.02. The molecule has 1 N–H and O–H groups in total. The largest absolute Gasteiger partial charge is 0.342 e. The summed E-state index contributed by atoms with van der Waals surface area (Å²) in [5.74, 6) is -0.557. The van der Waals surface area contributed by atoms with Gasteiger partial charge in [0.25, 0.3) is 0 Å². The number of anilines is 1. The number of rotatable bonds is 3. The summed E-state index contributed by atoms with van der Waals surface area (Å²) in [5.41, 5.74) is -0.823. The molecule has 0 unspecified atom stereocenters. The van der Waals surface area contributed by atoms with Crippen LogP contribution in [0, 0.1) is 17.2 Å². The minimum absolute atomic E-state index is 0.0723. The number of carbonyl (C=O) groups excluding carboxylic acids is 2. The molecule has 0 spiro atoms. The van der Waals surface area contributed by atoms with Gasteiger partial charge in [0.15, 0.2) is 0 Å². The molecule has 6 heteroatoms. The molecular formula is C17H22ClFN2O2. The standard InChI is InChI=1S/C17H22ClFN2O2/c1-11-6-8-21(9-7-11)16(23)17(2,3)15(22)20-12-4-5-14(19)13(18)10-12/h4-5,10-11H,6-9H2,1-3H3,(H,20,22). The Morgan fingerprint density at radius 2 is 1.91 bits per heavy atom. The average Bonchev–Trinajstić information content (AvgIpc) is 2.51. The van der Waals surface area contributed by atoms with Gasteiger partial charge in [-0.15, -0.1) is 0 Å². The number of halogens is 2. The summed E-state index contributed by atoms with van der Waals surface area (Å²) in [6.07, 6.45) is 1.91. The summed E-state index contributed by atoms with van der Waals surface area (Å²) in [7, 11) is 0. The van der Waals surface area contributed by atoms with Gasteiger partial charge in [-0.05, 0) is 50.8 Å². The highest BCUT2D eigenvalue weighted by molar-refractivity contribution is 6.31. The topological polar surface area (TPSA) is 49.4 Å². The molecule has 1 fully saturated rings. The molecule has 1 heterocycles. The average molecular weight is 341 g/mol. The summed E-state index contributed by atoms with van der Waals surface area (Å²) in [6, 6.07) is 3.93. The lowest BCUT2D eigenvalue weighted by Gasteiger charge is -2.35. The molecule has 2 rings (SSSR count). The van der Waals surface area contributed by atoms with Crippen LogP contribution >= 0.6 is 11.6 Å². The van der Waals surface area contributed by atoms with E-state index in [9.17, 15) is 14.0 Å². The molecular weight excluding hydrogens is 319 g/mol. The first kappa shape index (κ1) is 17.7. The van der Waals surface area contributed by atoms with Crippen molar-refractivity contribution in [2.24, 2.45) is 11.3 Å². The number of amides is 2. The van der Waals surface area contributed by atoms with Gasteiger partial charge in [-0.2, -0.15) is 0 Å². The smallest absolute Gasteiger partial charge is 0.239 e. The Morgan fingerprint density at radius 1 is 1.30 bits per heavy atom. The van der Waals surface area contributed by atoms with Gasteiger partial charge in [0, 0.05) is 18.8 Å². The van der Waals surface area contributed by atoms with Crippen LogP contribution in [0.1, 0.15) is 33.6 Å². The van der Waals surface area contributed by atoms with Crippen LogP contribution in [-0.2, 0) is 9.59 Å². The second-order valence-corrected chi connectivity index (χ2v) is 7.09. The number of benzene rings is 1. The van der Waals surface area contributed by atoms with Gasteiger partial charge in [-0.25, -0.2) is 4.39 Å². The monoisotopic (exact) mass is 340 g/mol. The number of likely N-dealkylation sites (tertiary alicyclic amines) is 1. The number of nitrogens with zero attached hydrogens (tertiary/aromatic N) is 1. The molecule has 1 aliphatic rings. The van der Waals surface area contributed by atoms with E-state index >= 15 is 0 Å². The maximum atomic E-state index is 13.2. The highest BCUT2D eigenvalue weighted by Gasteiger charge is 2.40. The van der Waals surface area contributed by atoms with Gasteiger partial charge in [-0.3, -0.25) is 9.59 Å². The third-order valence-corrected chi connectivity index (χ3v) is 4.64. The molecule has 0 aromatic heterocycles. The minimum atomic E-state index is -1.19. The predicted octanol–water partition coefficient (Wildman–Crippen LogP) is 3.70. The van der Waals surface area contributed by atoms with Gasteiger partial charge >= 0.3 is 0 Å². The first-order chi connectivity index (χ1) is 10.7. The van der Waals surface area contributed by atoms with E-state index in [4.69, 9.17) is 11.6 Å². The van der Waals surface area contributed by atoms with E-state index < -0.39 is 17.1 Å². The molecule has 4 nitrogen and oxygen atoms in total. The molecule has 23 heavy (non-hydrogen) atoms. The van der Waals surface area contributed by atoms with Gasteiger partial charge in [0.1, 0.15) is 11.2 Å². The SMILES string of the molecule is CC1CCN(C(=O)C(C)(C)C(=O)Nc2ccc(F)c(Cl)c2)CC1. The molecule has 1 aromatic carbocycles. The highest BCUT2D eigenvalue weighted by Crippen LogP contribution is 2.26. The van der Waals surface area contributed by atoms with E-state index in [2.05, 4.69) is 12.2 Å². The zero-order valence-electron chi connectivity index (χ0n) is 13.7. The van der Waals surface area contributed by atoms with E-state index in [1.165, 1.54) is 18.2 Å². The van der Waals surface area contributed by atoms with Crippen LogP contribution in [0.4, 0.5) is 10.1 Å². The molecule has 1 aromatic rings. The zero-order valence-corrected chi connectivity index (χ0v) is 14.4. The van der Waals surface area contributed by atoms with Crippen molar-refractivity contribution in [3.8, 4) is 0 Å². The molecule has 1 saturated heterocycles. The third-order valence-electron chi connectivity index (χ3n) is 4.35. The molecule has 0 saturated carbocycles. The van der Waals surface area contributed by atoms with Crippen molar-refractivity contribution in [1.82, 2.24) is 4.90 Å². The van der Waals surface area contributed by atoms with E-state index in [1.807, 2.05) is 0 Å². The summed E-state index contributed by atoms with van der Waals surface area (Å²) in [5, 5.41) is 2.57. The van der Waals surface area contributed by atoms with Crippen molar-refractivity contribution < 1.29 is 14.0 Å². The highest BCUT2D eigenvalue weighted by atomic mass is 35.5. The fraction of sp³-hybridized carbons (Fsp3) is 0.529. The molecule has 2 amide bonds. The molecule has 0 atom stereocenters. The quantitative estimate of drug-likeness (QED) is 0.853. The Bertz CT molecular complexity index is 611. The first-order valence-electron chi connectivity index (χ1n) is 7.77. The van der Waals surface area contributed by atoms with Crippen molar-refractivity contribution in [2.75, 3.05) is 18.4 Å². The second kappa shape index (κ2) is 6.87. The fourth-order valence-electron chi connectivity index (χ4n) is 2.57. The van der Waals surface area contributed by atoms with Gasteiger partial charge in [0.2, 0.25) is 11.8 Å². The van der Waals surface area contributed by atoms with Crippen LogP contribution in [-0.4, -0.2) is 29.8 Å². The van der Waals surface area contributed by atoms with E-state index in [1.54, 1.807) is 18.7 Å². The number of carbonyl (C=O) groups is 2. The van der Waals surface area contributed by atoms with Gasteiger partial charge in [-0.1, -0.05) is 18.5 Å². The van der Waals surface area contributed by atoms with Crippen LogP contribution in [0.2, 0.25) is 5.02 Å². The lowest BCUT2D eigenvalue weighted by atomic mass is 9.88. The summed E-state index contributed by atoms with van der Waals surface area (Å²) >= 11 is 5.71. The summed E-state index contributed by atoms with van der Waals surface area (Å²) in [4.78, 5) is 26.9. The number of hydrogen-bond acceptors (Lipinski definition) is 2. The summed E-state index contributed by atoms with van der Waals surface area (Å²) in [6.45, 7) is 6.73. The van der Waals surface area contributed by atoms with Crippen molar-refractivity contribution in [2.45, 2.75) is 33.6 Å². The Kier molecular flexibility index (Phi) is 5.30. The van der Waals surface area contributed by atoms with E-state index in [0.717, 1.165) is 12.8 Å². The lowest BCUT2D eigenvalue weighted by molar-refractivity contribution is -0.147. The van der Waals surface area contributed by atoms with Crippen LogP contribution in [0.25, 0.3) is 0 Å². The predicted molar refractivity (Wildman–Crippen MR) is 88.8 cm³/mol. The Labute approximate surface area is 141 Å². The normalized spacial score (nSPS) is 16.3. The molecule has 0 bridgehead atoms. The fourth-order valence-corrected chi connectivity index (χ4v) is 2.75. The lowest BCUT2D eigenvalue weighted by Crippen LogP contribution is -2.49. The van der Waals surface area contributed by atoms with Crippen LogP contribution in [0.3, 0.4) is 0 Å². The van der Waals surface area contributed by atoms with Crippen molar-refractivity contribution in [1.29, 1.82) is 0 Å². The van der Waals surface area contributed by atoms with Gasteiger partial charge in [0.05, 0.1) is 5.02 Å². The van der Waals surface area contributed by atoms with Crippen molar-refractivity contribution in [3.05, 3.63) is 29.0 Å². The van der Waals surface area contributed by atoms with Crippen LogP contribution in [0.15, 0.2) is 18.2 Å². The summed E-state index contributed by atoms with van der Waals surface area (Å²) < 4.78 is 13.2. The molecule has 126 valence electrons. The Hall–Kier alpha value is -1.62. The van der Waals surface area contributed by atoms with E-state index in [-0.39, 0.29) is 10.9 Å². The molecule has 0 aliphatic carbocycles. The van der Waals surface area contributed by atoms with Gasteiger partial charge < -0.3 is 10.2 Å². The first-order valence-corrected chi connectivity index (χ1v) is 8.15. The van der Waals surface area contributed by atoms with E-state index in [0.29, 0.717) is 24.7 Å². The number of nitrogens with one attached hydrogen (secondary N) is 1. The maximum absolute atomic E-state index is 13.2. The Balaban J connectivity index is 2.06. The Morgan fingerprint density at radius 3 is 2.48 bits per heavy atom. The van der Waals surface area contributed by atoms with Crippen molar-refractivity contribution >= 4 is 29.1 Å². The van der Waals surface area contributed by atoms with Crippen LogP contribution in [0.5, 0.6) is 0 Å². The van der Waals surface area contributed by atoms with Crippen LogP contribution < -0.4 is 5.32 Å². The molecule has 0 radical (unpaired) electrons. The number of piperidine rings is 1. The maximum Gasteiger partial charge on any atom is 0.239 e. The second-order valence-electron chi connectivity index (χ2n) is 6.68. The van der Waals surface area contributed by atoms with Crippen molar-refractivity contribution in [3.63, 3.8) is 0 Å².